The van der Waals surface area contributed by atoms with E-state index >= 15 is 0 Å². The lowest BCUT2D eigenvalue weighted by atomic mass is 9.87. The van der Waals surface area contributed by atoms with Crippen molar-refractivity contribution in [3.05, 3.63) is 59.2 Å². The van der Waals surface area contributed by atoms with Gasteiger partial charge in [0.05, 0.1) is 6.04 Å². The molecule has 12 heteroatoms. The Morgan fingerprint density at radius 1 is 1.11 bits per heavy atom. The van der Waals surface area contributed by atoms with Crippen molar-refractivity contribution in [1.29, 1.82) is 5.41 Å². The van der Waals surface area contributed by atoms with Crippen molar-refractivity contribution in [1.82, 2.24) is 15.5 Å². The molecule has 2 aliphatic rings. The molecule has 3 amide bonds. The van der Waals surface area contributed by atoms with E-state index in [1.807, 2.05) is 0 Å². The van der Waals surface area contributed by atoms with Gasteiger partial charge in [-0.15, -0.1) is 0 Å². The molecule has 0 bridgehead atoms. The van der Waals surface area contributed by atoms with E-state index in [-0.39, 0.29) is 38.7 Å². The second kappa shape index (κ2) is 10.3. The Bertz CT molecular complexity index is 1210. The van der Waals surface area contributed by atoms with Crippen molar-refractivity contribution in [3.63, 3.8) is 0 Å². The molecule has 1 fully saturated rings. The lowest BCUT2D eigenvalue weighted by Gasteiger charge is -2.37. The Balaban J connectivity index is 1.55. The highest BCUT2D eigenvalue weighted by Gasteiger charge is 2.40. The van der Waals surface area contributed by atoms with Gasteiger partial charge in [-0.1, -0.05) is 18.2 Å². The number of carboxylic acids is 1. The Kier molecular flexibility index (Phi) is 7.04. The Labute approximate surface area is 205 Å². The molecule has 12 nitrogen and oxygen atoms in total. The predicted molar refractivity (Wildman–Crippen MR) is 126 cm³/mol. The largest absolute Gasteiger partial charge is 0.481 e. The number of aliphatic carboxylic acids is 1. The zero-order valence-corrected chi connectivity index (χ0v) is 19.2. The first-order valence-electron chi connectivity index (χ1n) is 11.2. The summed E-state index contributed by atoms with van der Waals surface area (Å²) >= 11 is 0. The van der Waals surface area contributed by atoms with Crippen LogP contribution < -0.4 is 25.8 Å². The van der Waals surface area contributed by atoms with Crippen LogP contribution in [0.15, 0.2) is 42.5 Å². The molecule has 1 saturated heterocycles. The molecule has 2 aliphatic heterocycles. The molecule has 2 aromatic rings. The fourth-order valence-corrected chi connectivity index (χ4v) is 4.29. The third kappa shape index (κ3) is 5.06. The van der Waals surface area contributed by atoms with Gasteiger partial charge < -0.3 is 35.8 Å². The smallest absolute Gasteiger partial charge is 0.313 e. The number of hydrogen-bond acceptors (Lipinski definition) is 7. The van der Waals surface area contributed by atoms with Gasteiger partial charge in [0.2, 0.25) is 6.79 Å². The van der Waals surface area contributed by atoms with E-state index in [1.54, 1.807) is 30.3 Å². The molecule has 6 N–H and O–H groups in total. The van der Waals surface area contributed by atoms with Gasteiger partial charge in [-0.2, -0.15) is 0 Å². The molecule has 4 rings (SSSR count). The number of hydrogen-bond donors (Lipinski definition) is 5. The average molecular weight is 495 g/mol. The zero-order valence-electron chi connectivity index (χ0n) is 19.2. The van der Waals surface area contributed by atoms with E-state index < -0.39 is 35.7 Å². The number of carbonyl (C=O) groups excluding carboxylic acids is 3. The number of carbonyl (C=O) groups is 4. The van der Waals surface area contributed by atoms with Gasteiger partial charge in [0.15, 0.2) is 11.5 Å². The molecule has 0 aromatic heterocycles. The van der Waals surface area contributed by atoms with Crippen molar-refractivity contribution in [2.75, 3.05) is 26.4 Å². The number of nitrogens with zero attached hydrogens (tertiary/aromatic N) is 1. The van der Waals surface area contributed by atoms with Gasteiger partial charge in [-0.3, -0.25) is 24.6 Å². The number of fused-ring (bicyclic) bond motifs is 1. The monoisotopic (exact) mass is 495 g/mol. The van der Waals surface area contributed by atoms with Gasteiger partial charge in [0, 0.05) is 30.8 Å². The van der Waals surface area contributed by atoms with Crippen LogP contribution in [0.4, 0.5) is 0 Å². The SMILES string of the molecule is N=C(N)c1ccc(C(=O)NCCC(C(C(=O)O)c2ccc3c(c2)OCO3)N2CCNC(=O)C2=O)cc1. The molecule has 2 aromatic carbocycles. The van der Waals surface area contributed by atoms with Crippen LogP contribution in [-0.2, 0) is 14.4 Å². The van der Waals surface area contributed by atoms with Crippen molar-refractivity contribution < 1.29 is 33.8 Å². The Morgan fingerprint density at radius 2 is 1.81 bits per heavy atom. The molecule has 0 saturated carbocycles. The van der Waals surface area contributed by atoms with Gasteiger partial charge in [-0.05, 0) is 36.2 Å². The summed E-state index contributed by atoms with van der Waals surface area (Å²) in [4.78, 5) is 51.0. The quantitative estimate of drug-likeness (QED) is 0.183. The zero-order chi connectivity index (χ0) is 25.8. The lowest BCUT2D eigenvalue weighted by Crippen LogP contribution is -2.58. The Hall–Kier alpha value is -4.61. The molecule has 2 heterocycles. The molecule has 188 valence electrons. The van der Waals surface area contributed by atoms with Crippen LogP contribution in [-0.4, -0.2) is 72.0 Å². The van der Waals surface area contributed by atoms with Crippen molar-refractivity contribution in [3.8, 4) is 11.5 Å². The van der Waals surface area contributed by atoms with Gasteiger partial charge in [0.1, 0.15) is 11.8 Å². The summed E-state index contributed by atoms with van der Waals surface area (Å²) in [5.41, 5.74) is 6.61. The van der Waals surface area contributed by atoms with Crippen LogP contribution in [0.1, 0.15) is 33.8 Å². The van der Waals surface area contributed by atoms with Crippen LogP contribution in [0, 0.1) is 5.41 Å². The molecule has 0 aliphatic carbocycles. The summed E-state index contributed by atoms with van der Waals surface area (Å²) in [5.74, 6) is -3.69. The highest BCUT2D eigenvalue weighted by molar-refractivity contribution is 6.35. The van der Waals surface area contributed by atoms with Gasteiger partial charge >= 0.3 is 17.8 Å². The topological polar surface area (TPSA) is 184 Å². The number of amidine groups is 1. The van der Waals surface area contributed by atoms with E-state index in [2.05, 4.69) is 10.6 Å². The second-order valence-corrected chi connectivity index (χ2v) is 8.29. The van der Waals surface area contributed by atoms with E-state index in [0.717, 1.165) is 0 Å². The van der Waals surface area contributed by atoms with Crippen LogP contribution in [0.2, 0.25) is 0 Å². The minimum absolute atomic E-state index is 0.0180. The molecular formula is C24H25N5O7. The highest BCUT2D eigenvalue weighted by atomic mass is 16.7. The highest BCUT2D eigenvalue weighted by Crippen LogP contribution is 2.37. The lowest BCUT2D eigenvalue weighted by molar-refractivity contribution is -0.152. The molecule has 0 radical (unpaired) electrons. The summed E-state index contributed by atoms with van der Waals surface area (Å²) in [6.07, 6.45) is 0.0711. The average Bonchev–Trinajstić information content (AvgIpc) is 3.33. The van der Waals surface area contributed by atoms with Crippen LogP contribution in [0.3, 0.4) is 0 Å². The van der Waals surface area contributed by atoms with Crippen molar-refractivity contribution >= 4 is 29.5 Å². The summed E-state index contributed by atoms with van der Waals surface area (Å²) in [6.45, 7) is 0.370. The summed E-state index contributed by atoms with van der Waals surface area (Å²) < 4.78 is 10.7. The summed E-state index contributed by atoms with van der Waals surface area (Å²) in [6, 6.07) is 9.95. The predicted octanol–water partition coefficient (Wildman–Crippen LogP) is 0.0147. The minimum Gasteiger partial charge on any atom is -0.481 e. The fourth-order valence-electron chi connectivity index (χ4n) is 4.29. The normalized spacial score (nSPS) is 16.2. The maximum atomic E-state index is 12.7. The van der Waals surface area contributed by atoms with Gasteiger partial charge in [0.25, 0.3) is 5.91 Å². The van der Waals surface area contributed by atoms with Crippen molar-refractivity contribution in [2.45, 2.75) is 18.4 Å². The number of ether oxygens (including phenoxy) is 2. The fraction of sp³-hybridized carbons (Fsp3) is 0.292. The number of nitrogen functional groups attached to an aromatic ring is 1. The number of nitrogens with two attached hydrogens (primary N) is 1. The molecular weight excluding hydrogens is 470 g/mol. The first kappa shape index (κ1) is 24.5. The number of rotatable bonds is 9. The number of amides is 3. The maximum absolute atomic E-state index is 12.7. The molecule has 2 atom stereocenters. The number of benzene rings is 2. The first-order chi connectivity index (χ1) is 17.3. The molecule has 0 spiro atoms. The van der Waals surface area contributed by atoms with E-state index in [9.17, 15) is 24.3 Å². The van der Waals surface area contributed by atoms with E-state index in [0.29, 0.717) is 28.2 Å². The number of nitrogens with one attached hydrogen (secondary N) is 3. The molecule has 36 heavy (non-hydrogen) atoms. The van der Waals surface area contributed by atoms with Gasteiger partial charge in [-0.25, -0.2) is 0 Å². The van der Waals surface area contributed by atoms with Crippen LogP contribution in [0.5, 0.6) is 11.5 Å². The standard InChI is InChI=1S/C24H25N5O7/c25-20(26)13-1-3-14(4-2-13)21(30)27-8-7-16(29-10-9-28-22(31)23(29)32)19(24(33)34)15-5-6-17-18(11-15)36-12-35-17/h1-6,11,16,19H,7-10,12H2,(H3,25,26)(H,27,30)(H,28,31)(H,33,34). The first-order valence-corrected chi connectivity index (χ1v) is 11.2. The number of carboxylic acid groups (broad SMARTS) is 1. The second-order valence-electron chi connectivity index (χ2n) is 8.29. The van der Waals surface area contributed by atoms with Crippen molar-refractivity contribution in [2.24, 2.45) is 5.73 Å². The maximum Gasteiger partial charge on any atom is 0.313 e. The van der Waals surface area contributed by atoms with E-state index in [4.69, 9.17) is 20.6 Å². The third-order valence-electron chi connectivity index (χ3n) is 6.08. The number of piperazine rings is 1. The van der Waals surface area contributed by atoms with Crippen LogP contribution in [0.25, 0.3) is 0 Å². The van der Waals surface area contributed by atoms with E-state index in [1.165, 1.54) is 17.0 Å². The Morgan fingerprint density at radius 3 is 2.50 bits per heavy atom. The summed E-state index contributed by atoms with van der Waals surface area (Å²) in [7, 11) is 0. The molecule has 2 unspecified atom stereocenters. The third-order valence-corrected chi connectivity index (χ3v) is 6.08. The minimum atomic E-state index is -1.19. The van der Waals surface area contributed by atoms with Crippen LogP contribution >= 0.6 is 0 Å². The summed E-state index contributed by atoms with van der Waals surface area (Å²) in [5, 5.41) is 22.8.